The van der Waals surface area contributed by atoms with E-state index < -0.39 is 11.7 Å². The number of halogens is 1. The number of rotatable bonds is 2. The molecule has 0 saturated heterocycles. The zero-order valence-electron chi connectivity index (χ0n) is 11.3. The Kier molecular flexibility index (Phi) is 4.05. The van der Waals surface area contributed by atoms with Crippen molar-refractivity contribution in [1.29, 1.82) is 0 Å². The van der Waals surface area contributed by atoms with Gasteiger partial charge < -0.3 is 5.32 Å². The fourth-order valence-electron chi connectivity index (χ4n) is 2.00. The van der Waals surface area contributed by atoms with E-state index in [1.165, 1.54) is 8.98 Å². The van der Waals surface area contributed by atoms with Crippen LogP contribution in [0.4, 0.5) is 16.3 Å². The topological polar surface area (TPSA) is 76.0 Å². The molecule has 0 bridgehead atoms. The van der Waals surface area contributed by atoms with Gasteiger partial charge in [-0.1, -0.05) is 30.3 Å². The highest BCUT2D eigenvalue weighted by molar-refractivity contribution is 14.1. The van der Waals surface area contributed by atoms with Crippen LogP contribution in [0.1, 0.15) is 0 Å². The van der Waals surface area contributed by atoms with Crippen molar-refractivity contribution < 1.29 is 4.79 Å². The van der Waals surface area contributed by atoms with E-state index in [0.29, 0.717) is 5.69 Å². The molecule has 0 aliphatic rings. The Hall–Kier alpha value is -2.42. The Bertz CT molecular complexity index is 907. The summed E-state index contributed by atoms with van der Waals surface area (Å²) in [6.45, 7) is 0. The molecule has 110 valence electrons. The molecule has 22 heavy (non-hydrogen) atoms. The third kappa shape index (κ3) is 3.25. The maximum Gasteiger partial charge on any atom is 0.358 e. The van der Waals surface area contributed by atoms with E-state index in [1.54, 1.807) is 6.07 Å². The monoisotopic (exact) mass is 406 g/mol. The molecule has 3 rings (SSSR count). The van der Waals surface area contributed by atoms with Crippen molar-refractivity contribution in [3.8, 4) is 0 Å². The molecule has 0 aliphatic heterocycles. The number of amides is 2. The molecule has 0 atom stereocenters. The van der Waals surface area contributed by atoms with Crippen molar-refractivity contribution >= 4 is 51.2 Å². The molecule has 1 heterocycles. The number of nitrogens with zero attached hydrogens (tertiary/aromatic N) is 2. The van der Waals surface area contributed by atoms with Crippen LogP contribution in [0.2, 0.25) is 0 Å². The number of fused-ring (bicyclic) bond motifs is 1. The summed E-state index contributed by atoms with van der Waals surface area (Å²) in [4.78, 5) is 27.1. The number of anilines is 2. The quantitative estimate of drug-likeness (QED) is 0.642. The molecule has 0 aliphatic carbocycles. The molecule has 2 N–H and O–H groups in total. The normalized spacial score (nSPS) is 10.4. The Morgan fingerprint density at radius 2 is 1.82 bits per heavy atom. The van der Waals surface area contributed by atoms with E-state index in [-0.39, 0.29) is 5.82 Å². The van der Waals surface area contributed by atoms with E-state index in [0.717, 1.165) is 10.8 Å². The smallest absolute Gasteiger partial charge is 0.308 e. The third-order valence-corrected chi connectivity index (χ3v) is 3.75. The number of hydrogen-bond donors (Lipinski definition) is 2. The number of benzene rings is 2. The maximum atomic E-state index is 11.9. The minimum atomic E-state index is -0.451. The minimum Gasteiger partial charge on any atom is -0.308 e. The first-order valence-electron chi connectivity index (χ1n) is 6.44. The molecule has 0 spiro atoms. The fourth-order valence-corrected chi connectivity index (χ4v) is 2.27. The van der Waals surface area contributed by atoms with Crippen molar-refractivity contribution in [3.05, 3.63) is 65.2 Å². The lowest BCUT2D eigenvalue weighted by Gasteiger charge is -2.08. The molecule has 7 heteroatoms. The Balaban J connectivity index is 1.75. The number of carbonyl (C=O) groups excluding carboxylic acids is 1. The first kappa shape index (κ1) is 14.5. The average Bonchev–Trinajstić information content (AvgIpc) is 2.51. The molecule has 2 amide bonds. The molecule has 0 saturated carbocycles. The Morgan fingerprint density at radius 3 is 2.59 bits per heavy atom. The number of aromatic nitrogens is 2. The van der Waals surface area contributed by atoms with E-state index in [4.69, 9.17) is 0 Å². The molecular formula is C15H11IN4O2. The van der Waals surface area contributed by atoms with Crippen LogP contribution in [0.25, 0.3) is 10.8 Å². The summed E-state index contributed by atoms with van der Waals surface area (Å²) >= 11 is 1.81. The van der Waals surface area contributed by atoms with E-state index in [1.807, 2.05) is 65.3 Å². The maximum absolute atomic E-state index is 11.9. The van der Waals surface area contributed by atoms with Gasteiger partial charge in [-0.2, -0.15) is 4.98 Å². The van der Waals surface area contributed by atoms with Gasteiger partial charge in [0.15, 0.2) is 0 Å². The van der Waals surface area contributed by atoms with Crippen molar-refractivity contribution in [3.63, 3.8) is 0 Å². The van der Waals surface area contributed by atoms with Crippen LogP contribution < -0.4 is 16.3 Å². The molecule has 0 unspecified atom stereocenters. The van der Waals surface area contributed by atoms with Crippen molar-refractivity contribution in [2.24, 2.45) is 0 Å². The van der Waals surface area contributed by atoms with E-state index in [2.05, 4.69) is 15.6 Å². The molecular weight excluding hydrogens is 395 g/mol. The first-order valence-corrected chi connectivity index (χ1v) is 7.41. The van der Waals surface area contributed by atoms with E-state index in [9.17, 15) is 9.59 Å². The minimum absolute atomic E-state index is 0.205. The van der Waals surface area contributed by atoms with Gasteiger partial charge in [0, 0.05) is 11.9 Å². The zero-order valence-corrected chi connectivity index (χ0v) is 13.4. The van der Waals surface area contributed by atoms with Gasteiger partial charge in [0.1, 0.15) is 5.82 Å². The molecule has 1 aromatic heterocycles. The summed E-state index contributed by atoms with van der Waals surface area (Å²) in [7, 11) is 0. The van der Waals surface area contributed by atoms with Gasteiger partial charge in [0.25, 0.3) is 0 Å². The van der Waals surface area contributed by atoms with Crippen molar-refractivity contribution in [1.82, 2.24) is 7.76 Å². The highest BCUT2D eigenvalue weighted by atomic mass is 127. The summed E-state index contributed by atoms with van der Waals surface area (Å²) < 4.78 is 1.30. The van der Waals surface area contributed by atoms with Crippen LogP contribution in [0.5, 0.6) is 0 Å². The second kappa shape index (κ2) is 6.14. The highest BCUT2D eigenvalue weighted by Gasteiger charge is 2.05. The van der Waals surface area contributed by atoms with Gasteiger partial charge in [0.2, 0.25) is 0 Å². The molecule has 3 aromatic rings. The van der Waals surface area contributed by atoms with Crippen LogP contribution in [-0.2, 0) is 0 Å². The number of carbonyl (C=O) groups is 1. The van der Waals surface area contributed by atoms with E-state index >= 15 is 0 Å². The second-order valence-corrected chi connectivity index (χ2v) is 5.59. The molecule has 2 aromatic carbocycles. The lowest BCUT2D eigenvalue weighted by atomic mass is 10.1. The van der Waals surface area contributed by atoms with Crippen LogP contribution in [0.15, 0.2) is 59.5 Å². The summed E-state index contributed by atoms with van der Waals surface area (Å²) in [5, 5.41) is 7.38. The van der Waals surface area contributed by atoms with Gasteiger partial charge in [-0.05, 0) is 29.0 Å². The SMILES string of the molecule is O=C(Nc1ccc2ccccc2c1)Nc1ccn(I)c(=O)n1. The summed E-state index contributed by atoms with van der Waals surface area (Å²) in [5.74, 6) is 0.205. The summed E-state index contributed by atoms with van der Waals surface area (Å²) in [6.07, 6.45) is 1.53. The highest BCUT2D eigenvalue weighted by Crippen LogP contribution is 2.18. The van der Waals surface area contributed by atoms with Crippen molar-refractivity contribution in [2.75, 3.05) is 10.6 Å². The lowest BCUT2D eigenvalue weighted by Crippen LogP contribution is -2.23. The van der Waals surface area contributed by atoms with Gasteiger partial charge in [-0.3, -0.25) is 5.32 Å². The van der Waals surface area contributed by atoms with Crippen LogP contribution in [0, 0.1) is 0 Å². The molecule has 6 nitrogen and oxygen atoms in total. The largest absolute Gasteiger partial charge is 0.358 e. The van der Waals surface area contributed by atoms with Crippen LogP contribution >= 0.6 is 22.9 Å². The van der Waals surface area contributed by atoms with Gasteiger partial charge in [-0.25, -0.2) is 12.4 Å². The van der Waals surface area contributed by atoms with Crippen LogP contribution in [-0.4, -0.2) is 13.8 Å². The summed E-state index contributed by atoms with van der Waals surface area (Å²) in [5.41, 5.74) is 0.225. The Labute approximate surface area is 139 Å². The Morgan fingerprint density at radius 1 is 1.05 bits per heavy atom. The summed E-state index contributed by atoms with van der Waals surface area (Å²) in [6, 6.07) is 14.6. The average molecular weight is 406 g/mol. The number of urea groups is 1. The standard InChI is InChI=1S/C15H11IN4O2/c16-20-8-7-13(19-15(20)22)18-14(21)17-12-6-5-10-3-1-2-4-11(10)9-12/h1-9H,(H2,17,18,19,21,22). The van der Waals surface area contributed by atoms with Crippen LogP contribution in [0.3, 0.4) is 0 Å². The zero-order chi connectivity index (χ0) is 15.5. The van der Waals surface area contributed by atoms with Gasteiger partial charge >= 0.3 is 11.7 Å². The lowest BCUT2D eigenvalue weighted by molar-refractivity contribution is 0.262. The van der Waals surface area contributed by atoms with Gasteiger partial charge in [0.05, 0.1) is 22.9 Å². The fraction of sp³-hybridized carbons (Fsp3) is 0. The number of nitrogens with one attached hydrogen (secondary N) is 2. The first-order chi connectivity index (χ1) is 10.6. The molecule has 0 fully saturated rings. The van der Waals surface area contributed by atoms with Crippen molar-refractivity contribution in [2.45, 2.75) is 0 Å². The van der Waals surface area contributed by atoms with Gasteiger partial charge in [-0.15, -0.1) is 0 Å². The predicted octanol–water partition coefficient (Wildman–Crippen LogP) is 3.24. The number of hydrogen-bond acceptors (Lipinski definition) is 3. The third-order valence-electron chi connectivity index (χ3n) is 3.01. The molecule has 0 radical (unpaired) electrons. The second-order valence-electron chi connectivity index (χ2n) is 4.55. The predicted molar refractivity (Wildman–Crippen MR) is 94.5 cm³/mol.